The van der Waals surface area contributed by atoms with Gasteiger partial charge < -0.3 is 9.47 Å². The molecule has 7 heteroatoms. The number of carbonyl (C=O) groups excluding carboxylic acids is 2. The minimum Gasteiger partial charge on any atom is -0.468 e. The van der Waals surface area contributed by atoms with Crippen LogP contribution in [0.3, 0.4) is 0 Å². The lowest BCUT2D eigenvalue weighted by atomic mass is 9.87. The van der Waals surface area contributed by atoms with E-state index in [4.69, 9.17) is 9.47 Å². The van der Waals surface area contributed by atoms with E-state index in [0.29, 0.717) is 5.56 Å². The molecule has 2 aromatic rings. The Balaban J connectivity index is 2.30. The fourth-order valence-electron chi connectivity index (χ4n) is 3.55. The van der Waals surface area contributed by atoms with Gasteiger partial charge in [0, 0.05) is 23.2 Å². The molecule has 0 aromatic carbocycles. The molecule has 0 aliphatic heterocycles. The molecule has 0 unspecified atom stereocenters. The van der Waals surface area contributed by atoms with Crippen LogP contribution in [0.25, 0.3) is 0 Å². The third-order valence-corrected chi connectivity index (χ3v) is 5.50. The van der Waals surface area contributed by atoms with Crippen LogP contribution in [0.5, 0.6) is 0 Å². The van der Waals surface area contributed by atoms with Gasteiger partial charge in [-0.05, 0) is 29.1 Å². The molecule has 2 atom stereocenters. The molecule has 2 heterocycles. The zero-order valence-corrected chi connectivity index (χ0v) is 13.9. The molecule has 6 nitrogen and oxygen atoms in total. The van der Waals surface area contributed by atoms with Gasteiger partial charge in [-0.1, -0.05) is 6.07 Å². The molecule has 1 aliphatic rings. The van der Waals surface area contributed by atoms with Gasteiger partial charge in [-0.3, -0.25) is 14.6 Å². The Bertz CT molecular complexity index is 797. The number of methoxy groups -OCH3 is 2. The second kappa shape index (κ2) is 5.73. The number of thiophene rings is 1. The summed E-state index contributed by atoms with van der Waals surface area (Å²) in [5, 5.41) is 11.9. The van der Waals surface area contributed by atoms with Crippen molar-refractivity contribution in [2.45, 2.75) is 11.3 Å². The Kier molecular flexibility index (Phi) is 3.85. The Labute approximate surface area is 142 Å². The maximum Gasteiger partial charge on any atom is 0.326 e. The third kappa shape index (κ3) is 1.77. The number of esters is 2. The number of nitrogens with zero attached hydrogens (tertiary/aromatic N) is 2. The van der Waals surface area contributed by atoms with Crippen molar-refractivity contribution in [1.29, 1.82) is 5.26 Å². The Hall–Kier alpha value is -2.72. The summed E-state index contributed by atoms with van der Waals surface area (Å²) >= 11 is 1.38. The molecule has 24 heavy (non-hydrogen) atoms. The number of ether oxygens (including phenoxy) is 2. The third-order valence-electron chi connectivity index (χ3n) is 4.56. The molecular weight excluding hydrogens is 328 g/mol. The van der Waals surface area contributed by atoms with E-state index in [2.05, 4.69) is 11.1 Å². The summed E-state index contributed by atoms with van der Waals surface area (Å²) in [4.78, 5) is 30.0. The summed E-state index contributed by atoms with van der Waals surface area (Å²) in [6, 6.07) is 9.09. The summed E-state index contributed by atoms with van der Waals surface area (Å²) in [5.41, 5.74) is -2.58. The molecule has 0 bridgehead atoms. The Morgan fingerprint density at radius 2 is 1.83 bits per heavy atom. The predicted octanol–water partition coefficient (Wildman–Crippen LogP) is 2.03. The van der Waals surface area contributed by atoms with Crippen molar-refractivity contribution in [1.82, 2.24) is 4.98 Å². The first-order valence-electron chi connectivity index (χ1n) is 7.13. The number of carbonyl (C=O) groups is 2. The van der Waals surface area contributed by atoms with Crippen molar-refractivity contribution in [2.75, 3.05) is 14.2 Å². The van der Waals surface area contributed by atoms with Gasteiger partial charge in [0.25, 0.3) is 0 Å². The largest absolute Gasteiger partial charge is 0.468 e. The maximum atomic E-state index is 12.7. The highest BCUT2D eigenvalue weighted by Crippen LogP contribution is 2.75. The second-order valence-electron chi connectivity index (χ2n) is 5.40. The van der Waals surface area contributed by atoms with Gasteiger partial charge in [-0.15, -0.1) is 11.3 Å². The highest BCUT2D eigenvalue weighted by Gasteiger charge is 2.88. The fourth-order valence-corrected chi connectivity index (χ4v) is 4.51. The van der Waals surface area contributed by atoms with Crippen molar-refractivity contribution in [3.63, 3.8) is 0 Å². The van der Waals surface area contributed by atoms with Crippen LogP contribution in [-0.4, -0.2) is 31.1 Å². The van der Waals surface area contributed by atoms with Crippen molar-refractivity contribution in [3.8, 4) is 6.07 Å². The summed E-state index contributed by atoms with van der Waals surface area (Å²) in [6.07, 6.45) is 3.05. The van der Waals surface area contributed by atoms with Crippen LogP contribution in [0, 0.1) is 16.7 Å². The number of nitriles is 1. The van der Waals surface area contributed by atoms with Crippen LogP contribution in [0.15, 0.2) is 42.0 Å². The average Bonchev–Trinajstić information content (AvgIpc) is 2.94. The lowest BCUT2D eigenvalue weighted by molar-refractivity contribution is -0.162. The monoisotopic (exact) mass is 342 g/mol. The summed E-state index contributed by atoms with van der Waals surface area (Å²) in [5.74, 6) is -2.21. The molecule has 1 aliphatic carbocycles. The van der Waals surface area contributed by atoms with Crippen LogP contribution >= 0.6 is 11.3 Å². The first-order valence-corrected chi connectivity index (χ1v) is 8.01. The zero-order chi connectivity index (χ0) is 17.4. The minimum atomic E-state index is -1.72. The molecule has 122 valence electrons. The van der Waals surface area contributed by atoms with Gasteiger partial charge in [-0.2, -0.15) is 5.26 Å². The number of hydrogen-bond donors (Lipinski definition) is 0. The van der Waals surface area contributed by atoms with Gasteiger partial charge in [0.2, 0.25) is 0 Å². The van der Waals surface area contributed by atoms with E-state index >= 15 is 0 Å². The van der Waals surface area contributed by atoms with Gasteiger partial charge in [0.1, 0.15) is 5.41 Å². The van der Waals surface area contributed by atoms with Crippen molar-refractivity contribution >= 4 is 23.3 Å². The molecular formula is C17H14N2O4S. The second-order valence-corrected chi connectivity index (χ2v) is 6.37. The van der Waals surface area contributed by atoms with E-state index in [-0.39, 0.29) is 0 Å². The standard InChI is InChI=1S/C17H14N2O4S/c1-22-14(20)17(15(21)23-2)13(12-4-3-9-24-12)16(17,10-18)11-5-7-19-8-6-11/h3-9,13H,1-2H3/t13-,16-/m1/s1. The van der Waals surface area contributed by atoms with Crippen molar-refractivity contribution in [3.05, 3.63) is 52.5 Å². The predicted molar refractivity (Wildman–Crippen MR) is 85.1 cm³/mol. The number of hydrogen-bond acceptors (Lipinski definition) is 7. The Morgan fingerprint density at radius 3 is 2.29 bits per heavy atom. The maximum absolute atomic E-state index is 12.7. The molecule has 1 fully saturated rings. The van der Waals surface area contributed by atoms with Crippen LogP contribution in [0.1, 0.15) is 16.4 Å². The first-order chi connectivity index (χ1) is 11.6. The van der Waals surface area contributed by atoms with E-state index in [0.717, 1.165) is 4.88 Å². The zero-order valence-electron chi connectivity index (χ0n) is 13.1. The van der Waals surface area contributed by atoms with Gasteiger partial charge in [0.05, 0.1) is 20.3 Å². The molecule has 0 amide bonds. The SMILES string of the molecule is COC(=O)C1(C(=O)OC)[C@H](c2cccs2)[C@@]1(C#N)c1ccncc1. The molecule has 0 spiro atoms. The first kappa shape index (κ1) is 16.1. The number of pyridine rings is 1. The summed E-state index contributed by atoms with van der Waals surface area (Å²) in [6.45, 7) is 0. The van der Waals surface area contributed by atoms with Crippen LogP contribution in [0.2, 0.25) is 0 Å². The van der Waals surface area contributed by atoms with Crippen LogP contribution < -0.4 is 0 Å². The summed E-state index contributed by atoms with van der Waals surface area (Å²) < 4.78 is 9.81. The highest BCUT2D eigenvalue weighted by molar-refractivity contribution is 7.10. The van der Waals surface area contributed by atoms with Crippen molar-refractivity contribution < 1.29 is 19.1 Å². The van der Waals surface area contributed by atoms with E-state index in [9.17, 15) is 14.9 Å². The lowest BCUT2D eigenvalue weighted by Gasteiger charge is -2.16. The number of rotatable bonds is 4. The van der Waals surface area contributed by atoms with E-state index in [1.807, 2.05) is 11.4 Å². The van der Waals surface area contributed by atoms with Gasteiger partial charge >= 0.3 is 11.9 Å². The van der Waals surface area contributed by atoms with E-state index < -0.39 is 28.7 Å². The smallest absolute Gasteiger partial charge is 0.326 e. The van der Waals surface area contributed by atoms with Crippen LogP contribution in [0.4, 0.5) is 0 Å². The quantitative estimate of drug-likeness (QED) is 0.624. The van der Waals surface area contributed by atoms with E-state index in [1.165, 1.54) is 38.0 Å². The minimum absolute atomic E-state index is 0.536. The summed E-state index contributed by atoms with van der Waals surface area (Å²) in [7, 11) is 2.40. The Morgan fingerprint density at radius 1 is 1.21 bits per heavy atom. The molecule has 3 rings (SSSR count). The molecule has 0 radical (unpaired) electrons. The normalized spacial score (nSPS) is 23.8. The highest BCUT2D eigenvalue weighted by atomic mass is 32.1. The molecule has 0 saturated heterocycles. The van der Waals surface area contributed by atoms with Gasteiger partial charge in [-0.25, -0.2) is 0 Å². The van der Waals surface area contributed by atoms with Crippen molar-refractivity contribution in [2.24, 2.45) is 5.41 Å². The topological polar surface area (TPSA) is 89.3 Å². The lowest BCUT2D eigenvalue weighted by Crippen LogP contribution is -2.36. The molecule has 0 N–H and O–H groups in total. The average molecular weight is 342 g/mol. The molecule has 2 aromatic heterocycles. The van der Waals surface area contributed by atoms with Gasteiger partial charge in [0.15, 0.2) is 5.41 Å². The fraction of sp³-hybridized carbons (Fsp3) is 0.294. The molecule has 1 saturated carbocycles. The van der Waals surface area contributed by atoms with E-state index in [1.54, 1.807) is 18.2 Å². The number of aromatic nitrogens is 1. The van der Waals surface area contributed by atoms with Crippen LogP contribution in [-0.2, 0) is 24.5 Å².